The normalized spacial score (nSPS) is 0. The number of rotatable bonds is 0. The van der Waals surface area contributed by atoms with E-state index in [0.717, 1.165) is 0 Å². The van der Waals surface area contributed by atoms with Crippen LogP contribution in [0.4, 0.5) is 0 Å². The largest absolute Gasteiger partial charge is 0 e. The molecular weight excluding hydrogens is 221 g/mol. The first-order valence-corrected chi connectivity index (χ1v) is 0. The number of hydrogen-bond acceptors (Lipinski definition) is 0. The van der Waals surface area contributed by atoms with Crippen molar-refractivity contribution < 1.29 is 5.48 Å². The SMILES string of the molecule is [Ba].[Ca].[O].[Si]. The summed E-state index contributed by atoms with van der Waals surface area (Å²) in [5, 5.41) is 0. The van der Waals surface area contributed by atoms with E-state index in [1.54, 1.807) is 0 Å². The van der Waals surface area contributed by atoms with Crippen LogP contribution in [0.2, 0.25) is 0 Å². The quantitative estimate of drug-likeness (QED) is 0.457. The molecule has 0 amide bonds. The molecule has 0 aromatic heterocycles. The van der Waals surface area contributed by atoms with Crippen LogP contribution < -0.4 is 0 Å². The molecular formula is BaCaOSi. The van der Waals surface area contributed by atoms with Crippen LogP contribution in [0.1, 0.15) is 0 Å². The first kappa shape index (κ1) is 28.0. The smallest absolute Gasteiger partial charge is 0 e. The summed E-state index contributed by atoms with van der Waals surface area (Å²) in [6.45, 7) is 0. The molecule has 0 fully saturated rings. The minimum Gasteiger partial charge on any atom is 0 e. The minimum atomic E-state index is 0. The van der Waals surface area contributed by atoms with E-state index in [1.807, 2.05) is 0 Å². The van der Waals surface area contributed by atoms with Gasteiger partial charge in [0.15, 0.2) is 0 Å². The summed E-state index contributed by atoms with van der Waals surface area (Å²) in [6.07, 6.45) is 0. The van der Waals surface area contributed by atoms with Gasteiger partial charge in [-0.3, -0.25) is 0 Å². The van der Waals surface area contributed by atoms with Crippen LogP contribution >= 0.6 is 0 Å². The Labute approximate surface area is 100 Å². The van der Waals surface area contributed by atoms with Gasteiger partial charge in [0.1, 0.15) is 0 Å². The first-order chi connectivity index (χ1) is 0. The maximum atomic E-state index is 0. The molecule has 0 atom stereocenters. The second-order valence-corrected chi connectivity index (χ2v) is 0. The molecule has 0 rings (SSSR count). The van der Waals surface area contributed by atoms with E-state index in [4.69, 9.17) is 0 Å². The van der Waals surface area contributed by atoms with Gasteiger partial charge in [-0.05, 0) is 0 Å². The maximum Gasteiger partial charge on any atom is 0 e. The van der Waals surface area contributed by atoms with Crippen molar-refractivity contribution >= 4 is 97.6 Å². The Morgan fingerprint density at radius 2 is 1.00 bits per heavy atom. The Morgan fingerprint density at radius 3 is 1.00 bits per heavy atom. The molecule has 0 unspecified atom stereocenters. The van der Waals surface area contributed by atoms with Gasteiger partial charge in [-0.25, -0.2) is 0 Å². The van der Waals surface area contributed by atoms with Gasteiger partial charge in [0.2, 0.25) is 0 Å². The average Bonchev–Trinajstić information content (AvgIpc) is 0. The zero-order valence-corrected chi connectivity index (χ0v) is 9.97. The Kier molecular flexibility index (Phi) is 116. The van der Waals surface area contributed by atoms with Gasteiger partial charge in [0.25, 0.3) is 0 Å². The zero-order valence-electron chi connectivity index (χ0n) is 2.32. The fourth-order valence-corrected chi connectivity index (χ4v) is 0. The molecule has 4 heteroatoms. The Bertz CT molecular complexity index is 8.00. The fraction of sp³-hybridized carbons (Fsp3) is 0. The molecule has 14 valence electrons. The molecule has 0 heterocycles. The summed E-state index contributed by atoms with van der Waals surface area (Å²) in [7, 11) is 0. The molecule has 0 aliphatic heterocycles. The van der Waals surface area contributed by atoms with E-state index in [0.29, 0.717) is 0 Å². The van der Waals surface area contributed by atoms with Crippen LogP contribution in [0.5, 0.6) is 0 Å². The molecule has 4 heavy (non-hydrogen) atoms. The third kappa shape index (κ3) is 8.89. The van der Waals surface area contributed by atoms with E-state index in [-0.39, 0.29) is 103 Å². The van der Waals surface area contributed by atoms with E-state index < -0.39 is 0 Å². The van der Waals surface area contributed by atoms with Crippen molar-refractivity contribution in [1.29, 1.82) is 0 Å². The molecule has 0 saturated carbocycles. The second kappa shape index (κ2) is 16.7. The van der Waals surface area contributed by atoms with Gasteiger partial charge in [0.05, 0.1) is 0 Å². The maximum absolute atomic E-state index is 0. The monoisotopic (exact) mass is 222 g/mol. The molecule has 0 aliphatic rings. The van der Waals surface area contributed by atoms with Crippen LogP contribution in [0.15, 0.2) is 0 Å². The molecule has 0 bridgehead atoms. The van der Waals surface area contributed by atoms with Crippen molar-refractivity contribution in [3.05, 3.63) is 0 Å². The molecule has 10 radical (unpaired) electrons. The van der Waals surface area contributed by atoms with Gasteiger partial charge < -0.3 is 0 Å². The van der Waals surface area contributed by atoms with Gasteiger partial charge in [-0.15, -0.1) is 0 Å². The third-order valence-corrected chi connectivity index (χ3v) is 0. The Morgan fingerprint density at radius 1 is 1.00 bits per heavy atom. The standard InChI is InChI=1S/Ba.Ca.O.Si. The van der Waals surface area contributed by atoms with E-state index in [2.05, 4.69) is 0 Å². The van der Waals surface area contributed by atoms with Gasteiger partial charge in [-0.1, -0.05) is 0 Å². The molecule has 1 nitrogen and oxygen atoms in total. The van der Waals surface area contributed by atoms with Crippen molar-refractivity contribution in [2.24, 2.45) is 0 Å². The number of hydrogen-bond donors (Lipinski definition) is 0. The van der Waals surface area contributed by atoms with Crippen LogP contribution in [0, 0.1) is 0 Å². The predicted octanol–water partition coefficient (Wildman–Crippen LogP) is -1.26. The van der Waals surface area contributed by atoms with E-state index in [9.17, 15) is 0 Å². The molecule has 0 aromatic carbocycles. The van der Waals surface area contributed by atoms with Crippen molar-refractivity contribution in [2.45, 2.75) is 0 Å². The van der Waals surface area contributed by atoms with Gasteiger partial charge >= 0.3 is 0 Å². The Hall–Kier alpha value is 3.01. The van der Waals surface area contributed by atoms with Gasteiger partial charge in [0, 0.05) is 103 Å². The van der Waals surface area contributed by atoms with E-state index >= 15 is 0 Å². The molecule has 0 N–H and O–H groups in total. The first-order valence-electron chi connectivity index (χ1n) is 0. The fourth-order valence-electron chi connectivity index (χ4n) is 0. The predicted molar refractivity (Wildman–Crippen MR) is 17.9 cm³/mol. The zero-order chi connectivity index (χ0) is 0. The average molecular weight is 221 g/mol. The van der Waals surface area contributed by atoms with Crippen molar-refractivity contribution in [3.63, 3.8) is 0 Å². The second-order valence-electron chi connectivity index (χ2n) is 0. The van der Waals surface area contributed by atoms with Crippen LogP contribution in [-0.4, -0.2) is 97.6 Å². The Balaban J connectivity index is 0. The summed E-state index contributed by atoms with van der Waals surface area (Å²) in [4.78, 5) is 0. The van der Waals surface area contributed by atoms with Crippen molar-refractivity contribution in [2.75, 3.05) is 0 Å². The van der Waals surface area contributed by atoms with Crippen molar-refractivity contribution in [3.8, 4) is 0 Å². The van der Waals surface area contributed by atoms with Crippen molar-refractivity contribution in [1.82, 2.24) is 0 Å². The van der Waals surface area contributed by atoms with E-state index in [1.165, 1.54) is 0 Å². The molecule has 0 spiro atoms. The summed E-state index contributed by atoms with van der Waals surface area (Å²) in [6, 6.07) is 0. The molecule has 0 aromatic rings. The van der Waals surface area contributed by atoms with Crippen LogP contribution in [0.25, 0.3) is 0 Å². The van der Waals surface area contributed by atoms with Crippen LogP contribution in [0.3, 0.4) is 0 Å². The summed E-state index contributed by atoms with van der Waals surface area (Å²) < 4.78 is 0. The minimum absolute atomic E-state index is 0. The van der Waals surface area contributed by atoms with Crippen LogP contribution in [-0.2, 0) is 5.48 Å². The summed E-state index contributed by atoms with van der Waals surface area (Å²) in [5.74, 6) is 0. The third-order valence-electron chi connectivity index (χ3n) is 0. The molecule has 0 aliphatic carbocycles. The molecule has 0 saturated heterocycles. The van der Waals surface area contributed by atoms with Gasteiger partial charge in [-0.2, -0.15) is 0 Å². The summed E-state index contributed by atoms with van der Waals surface area (Å²) >= 11 is 0. The topological polar surface area (TPSA) is 28.5 Å². The summed E-state index contributed by atoms with van der Waals surface area (Å²) in [5.41, 5.74) is 0.